The van der Waals surface area contributed by atoms with E-state index in [1.54, 1.807) is 19.1 Å². The van der Waals surface area contributed by atoms with Crippen LogP contribution in [0.5, 0.6) is 0 Å². The van der Waals surface area contributed by atoms with Gasteiger partial charge in [-0.1, -0.05) is 65.0 Å². The first-order valence-corrected chi connectivity index (χ1v) is 21.2. The number of carbonyl (C=O) groups is 4. The number of carboxylic acid groups (broad SMARTS) is 1. The summed E-state index contributed by atoms with van der Waals surface area (Å²) in [6.07, 6.45) is 13.9. The van der Waals surface area contributed by atoms with Crippen LogP contribution in [0.1, 0.15) is 141 Å². The van der Waals surface area contributed by atoms with E-state index < -0.39 is 11.4 Å². The molecular formula is C47H66N2O5. The fourth-order valence-corrected chi connectivity index (χ4v) is 14.6. The Morgan fingerprint density at radius 2 is 1.52 bits per heavy atom. The topological polar surface area (TPSA) is 104 Å². The van der Waals surface area contributed by atoms with Crippen molar-refractivity contribution in [3.05, 3.63) is 53.6 Å². The molecule has 0 spiro atoms. The number of hydrogen-bond acceptors (Lipinski definition) is 4. The quantitative estimate of drug-likeness (QED) is 0.259. The highest BCUT2D eigenvalue weighted by Crippen LogP contribution is 2.77. The summed E-state index contributed by atoms with van der Waals surface area (Å²) >= 11 is 0. The average Bonchev–Trinajstić information content (AvgIpc) is 3.53. The maximum absolute atomic E-state index is 14.6. The fourth-order valence-electron chi connectivity index (χ4n) is 14.6. The first-order chi connectivity index (χ1) is 25.4. The van der Waals surface area contributed by atoms with Gasteiger partial charge in [0.1, 0.15) is 5.78 Å². The van der Waals surface area contributed by atoms with E-state index in [4.69, 9.17) is 0 Å². The highest BCUT2D eigenvalue weighted by molar-refractivity contribution is 5.88. The number of benzene rings is 1. The smallest absolute Gasteiger partial charge is 0.335 e. The monoisotopic (exact) mass is 738 g/mol. The molecule has 7 heteroatoms. The molecule has 5 fully saturated rings. The standard InChI is InChI=1S/C47H66N2O5/c1-29(2)34-15-23-47(42(54)48-26-18-39(51)49-27-19-31(20-28-49)30(3)50)25-24-45(7)36(40(34)47)13-14-38-44(6)21-16-35(32-9-11-33(12-10-32)41(52)53)43(4,5)37(44)17-22-46(38,45)8/h9-12,16,31,34,36-38,40H,1,13-15,17-28H2,2-8H3,(H,48,54)(H,52,53)/t34-,36+,37-,38+,40+,44-,45+,46+,47-/m0/s1. The Hall–Kier alpha value is -3.22. The molecule has 294 valence electrons. The van der Waals surface area contributed by atoms with E-state index in [1.165, 1.54) is 30.4 Å². The number of nitrogens with one attached hydrogen (secondary N) is 1. The average molecular weight is 739 g/mol. The minimum Gasteiger partial charge on any atom is -0.478 e. The van der Waals surface area contributed by atoms with Gasteiger partial charge in [-0.3, -0.25) is 14.4 Å². The SMILES string of the molecule is C=C(C)[C@@H]1CC[C@]2(C(=O)NCCC(=O)N3CCC(C(C)=O)CC3)CC[C@]3(C)[C@H](CC[C@@H]4[C@@]5(C)CC=C(c6ccc(C(=O)O)cc6)C(C)(C)[C@@H]5CC[C@]43C)[C@@H]12. The van der Waals surface area contributed by atoms with Crippen molar-refractivity contribution in [2.45, 2.75) is 126 Å². The summed E-state index contributed by atoms with van der Waals surface area (Å²) in [4.78, 5) is 53.0. The van der Waals surface area contributed by atoms with Gasteiger partial charge in [0.2, 0.25) is 11.8 Å². The van der Waals surface area contributed by atoms with Crippen molar-refractivity contribution in [1.29, 1.82) is 0 Å². The van der Waals surface area contributed by atoms with Gasteiger partial charge in [0, 0.05) is 32.0 Å². The van der Waals surface area contributed by atoms with E-state index in [1.807, 2.05) is 17.0 Å². The Balaban J connectivity index is 1.10. The van der Waals surface area contributed by atoms with Crippen LogP contribution in [0.25, 0.3) is 5.57 Å². The van der Waals surface area contributed by atoms with Gasteiger partial charge in [-0.05, 0) is 159 Å². The van der Waals surface area contributed by atoms with Gasteiger partial charge in [-0.2, -0.15) is 0 Å². The number of Topliss-reactive ketones (excluding diaryl/α,β-unsaturated/α-hetero) is 1. The highest BCUT2D eigenvalue weighted by Gasteiger charge is 2.71. The molecule has 1 heterocycles. The summed E-state index contributed by atoms with van der Waals surface area (Å²) < 4.78 is 0. The molecule has 2 amide bonds. The van der Waals surface area contributed by atoms with Crippen LogP contribution in [-0.2, 0) is 14.4 Å². The third-order valence-corrected chi connectivity index (χ3v) is 17.6. The Kier molecular flexibility index (Phi) is 9.95. The van der Waals surface area contributed by atoms with Crippen LogP contribution >= 0.6 is 0 Å². The van der Waals surface area contributed by atoms with Crippen molar-refractivity contribution in [3.63, 3.8) is 0 Å². The normalized spacial score (nSPS) is 38.5. The van der Waals surface area contributed by atoms with Crippen molar-refractivity contribution >= 4 is 29.1 Å². The van der Waals surface area contributed by atoms with Gasteiger partial charge in [-0.25, -0.2) is 4.79 Å². The van der Waals surface area contributed by atoms with E-state index >= 15 is 0 Å². The summed E-state index contributed by atoms with van der Waals surface area (Å²) in [6.45, 7) is 22.6. The summed E-state index contributed by atoms with van der Waals surface area (Å²) in [5, 5.41) is 12.8. The molecule has 7 rings (SSSR count). The van der Waals surface area contributed by atoms with Gasteiger partial charge in [0.25, 0.3) is 0 Å². The number of hydrogen-bond donors (Lipinski definition) is 2. The van der Waals surface area contributed by atoms with Crippen LogP contribution in [0.4, 0.5) is 0 Å². The molecule has 0 unspecified atom stereocenters. The van der Waals surface area contributed by atoms with Crippen molar-refractivity contribution < 1.29 is 24.3 Å². The summed E-state index contributed by atoms with van der Waals surface area (Å²) in [7, 11) is 0. The number of amides is 2. The Morgan fingerprint density at radius 1 is 0.833 bits per heavy atom. The van der Waals surface area contributed by atoms with Gasteiger partial charge in [0.05, 0.1) is 11.0 Å². The number of nitrogens with zero attached hydrogens (tertiary/aromatic N) is 1. The minimum absolute atomic E-state index is 0.0422. The first kappa shape index (κ1) is 39.0. The van der Waals surface area contributed by atoms with Crippen LogP contribution in [0.15, 0.2) is 42.5 Å². The number of ketones is 1. The van der Waals surface area contributed by atoms with E-state index in [9.17, 15) is 24.3 Å². The van der Waals surface area contributed by atoms with Crippen LogP contribution in [0.3, 0.4) is 0 Å². The second kappa shape index (κ2) is 13.8. The zero-order chi connectivity index (χ0) is 39.0. The molecule has 1 aromatic carbocycles. The van der Waals surface area contributed by atoms with Crippen molar-refractivity contribution in [1.82, 2.24) is 10.2 Å². The molecule has 7 nitrogen and oxygen atoms in total. The molecule has 2 N–H and O–H groups in total. The first-order valence-electron chi connectivity index (χ1n) is 21.2. The largest absolute Gasteiger partial charge is 0.478 e. The maximum Gasteiger partial charge on any atom is 0.335 e. The van der Waals surface area contributed by atoms with E-state index in [-0.39, 0.29) is 51.1 Å². The third-order valence-electron chi connectivity index (χ3n) is 17.6. The molecule has 1 aliphatic heterocycles. The van der Waals surface area contributed by atoms with Gasteiger partial charge < -0.3 is 15.3 Å². The predicted molar refractivity (Wildman–Crippen MR) is 213 cm³/mol. The second-order valence-electron chi connectivity index (χ2n) is 20.0. The molecule has 0 aromatic heterocycles. The van der Waals surface area contributed by atoms with Crippen LogP contribution in [0.2, 0.25) is 0 Å². The number of carboxylic acids is 1. The summed E-state index contributed by atoms with van der Waals surface area (Å²) in [6, 6.07) is 7.49. The molecule has 0 radical (unpaired) electrons. The Bertz CT molecular complexity index is 1740. The lowest BCUT2D eigenvalue weighted by molar-refractivity contribution is -0.225. The molecule has 54 heavy (non-hydrogen) atoms. The maximum atomic E-state index is 14.6. The van der Waals surface area contributed by atoms with E-state index in [0.717, 1.165) is 56.9 Å². The number of allylic oxidation sites excluding steroid dienone is 3. The zero-order valence-electron chi connectivity index (χ0n) is 34.2. The molecule has 5 aliphatic carbocycles. The van der Waals surface area contributed by atoms with E-state index in [2.05, 4.69) is 59.5 Å². The Morgan fingerprint density at radius 3 is 2.15 bits per heavy atom. The van der Waals surface area contributed by atoms with Crippen LogP contribution in [0, 0.1) is 62.6 Å². The number of likely N-dealkylation sites (tertiary alicyclic amines) is 1. The highest BCUT2D eigenvalue weighted by atomic mass is 16.4. The molecule has 9 atom stereocenters. The number of piperidine rings is 1. The number of fused-ring (bicyclic) bond motifs is 7. The Labute approximate surface area is 324 Å². The fraction of sp³-hybridized carbons (Fsp3) is 0.702. The third kappa shape index (κ3) is 5.87. The lowest BCUT2D eigenvalue weighted by Gasteiger charge is -2.72. The van der Waals surface area contributed by atoms with Gasteiger partial charge in [0.15, 0.2) is 0 Å². The lowest BCUT2D eigenvalue weighted by Crippen LogP contribution is -2.66. The van der Waals surface area contributed by atoms with Crippen molar-refractivity contribution in [2.24, 2.45) is 62.6 Å². The van der Waals surface area contributed by atoms with E-state index in [0.29, 0.717) is 55.3 Å². The molecule has 6 aliphatic rings. The van der Waals surface area contributed by atoms with Crippen LogP contribution in [-0.4, -0.2) is 53.2 Å². The number of carbonyl (C=O) groups excluding carboxylic acids is 3. The molecule has 0 bridgehead atoms. The second-order valence-corrected chi connectivity index (χ2v) is 20.0. The molecule has 4 saturated carbocycles. The summed E-state index contributed by atoms with van der Waals surface area (Å²) in [5.41, 5.74) is 4.00. The van der Waals surface area contributed by atoms with Crippen LogP contribution < -0.4 is 5.32 Å². The lowest BCUT2D eigenvalue weighted by atomic mass is 9.32. The van der Waals surface area contributed by atoms with Gasteiger partial charge in [-0.15, -0.1) is 0 Å². The molecular weight excluding hydrogens is 673 g/mol. The minimum atomic E-state index is -0.889. The zero-order valence-corrected chi connectivity index (χ0v) is 34.2. The predicted octanol–water partition coefficient (Wildman–Crippen LogP) is 9.37. The number of rotatable bonds is 8. The van der Waals surface area contributed by atoms with Gasteiger partial charge >= 0.3 is 5.97 Å². The molecule has 1 saturated heterocycles. The molecule has 1 aromatic rings. The van der Waals surface area contributed by atoms with Crippen molar-refractivity contribution in [2.75, 3.05) is 19.6 Å². The number of aromatic carboxylic acids is 1. The summed E-state index contributed by atoms with van der Waals surface area (Å²) in [5.74, 6) is 1.78. The van der Waals surface area contributed by atoms with Crippen molar-refractivity contribution in [3.8, 4) is 0 Å².